The van der Waals surface area contributed by atoms with E-state index < -0.39 is 0 Å². The Morgan fingerprint density at radius 1 is 1.21 bits per heavy atom. The normalized spacial score (nSPS) is 26.3. The van der Waals surface area contributed by atoms with Gasteiger partial charge >= 0.3 is 0 Å². The van der Waals surface area contributed by atoms with Crippen LogP contribution in [0.2, 0.25) is 0 Å². The molecule has 1 aliphatic carbocycles. The summed E-state index contributed by atoms with van der Waals surface area (Å²) in [5, 5.41) is 0. The van der Waals surface area contributed by atoms with E-state index in [0.717, 1.165) is 19.3 Å². The zero-order chi connectivity index (χ0) is 9.97. The SMILES string of the molecule is NC(=O)[C@H]1CC[C@@H](c2ccccc2)C1. The Morgan fingerprint density at radius 2 is 1.93 bits per heavy atom. The minimum atomic E-state index is -0.136. The molecule has 0 aromatic heterocycles. The number of carbonyl (C=O) groups excluding carboxylic acids is 1. The largest absolute Gasteiger partial charge is 0.369 e. The lowest BCUT2D eigenvalue weighted by atomic mass is 9.96. The first-order chi connectivity index (χ1) is 6.77. The summed E-state index contributed by atoms with van der Waals surface area (Å²) in [6.45, 7) is 0. The third kappa shape index (κ3) is 1.79. The molecule has 0 aliphatic heterocycles. The molecule has 2 nitrogen and oxygen atoms in total. The molecule has 2 N–H and O–H groups in total. The summed E-state index contributed by atoms with van der Waals surface area (Å²) in [5.41, 5.74) is 6.64. The number of hydrogen-bond donors (Lipinski definition) is 1. The number of nitrogens with two attached hydrogens (primary N) is 1. The Hall–Kier alpha value is -1.31. The molecule has 1 amide bonds. The Bertz CT molecular complexity index is 320. The second-order valence-corrected chi connectivity index (χ2v) is 4.02. The van der Waals surface area contributed by atoms with Gasteiger partial charge < -0.3 is 5.73 Å². The molecule has 1 aromatic rings. The number of benzene rings is 1. The molecular formula is C12H15NO. The number of hydrogen-bond acceptors (Lipinski definition) is 1. The highest BCUT2D eigenvalue weighted by Gasteiger charge is 2.28. The first-order valence-electron chi connectivity index (χ1n) is 5.11. The monoisotopic (exact) mass is 189 g/mol. The molecule has 0 radical (unpaired) electrons. The Kier molecular flexibility index (Phi) is 2.53. The number of rotatable bonds is 2. The molecule has 2 rings (SSSR count). The van der Waals surface area contributed by atoms with Crippen LogP contribution in [0.1, 0.15) is 30.7 Å². The number of primary amides is 1. The van der Waals surface area contributed by atoms with Crippen molar-refractivity contribution in [3.05, 3.63) is 35.9 Å². The van der Waals surface area contributed by atoms with E-state index in [2.05, 4.69) is 12.1 Å². The van der Waals surface area contributed by atoms with Crippen molar-refractivity contribution >= 4 is 5.91 Å². The van der Waals surface area contributed by atoms with Crippen molar-refractivity contribution in [3.63, 3.8) is 0 Å². The highest BCUT2D eigenvalue weighted by Crippen LogP contribution is 2.37. The van der Waals surface area contributed by atoms with Crippen molar-refractivity contribution in [2.45, 2.75) is 25.2 Å². The standard InChI is InChI=1S/C12H15NO/c13-12(14)11-7-6-10(8-11)9-4-2-1-3-5-9/h1-5,10-11H,6-8H2,(H2,13,14)/t10-,11+/m1/s1. The summed E-state index contributed by atoms with van der Waals surface area (Å²) < 4.78 is 0. The quantitative estimate of drug-likeness (QED) is 0.760. The first kappa shape index (κ1) is 9.25. The van der Waals surface area contributed by atoms with E-state index in [-0.39, 0.29) is 11.8 Å². The highest BCUT2D eigenvalue weighted by molar-refractivity contribution is 5.77. The van der Waals surface area contributed by atoms with Gasteiger partial charge in [-0.1, -0.05) is 30.3 Å². The molecule has 0 heterocycles. The van der Waals surface area contributed by atoms with Crippen LogP contribution in [0.15, 0.2) is 30.3 Å². The summed E-state index contributed by atoms with van der Waals surface area (Å²) in [7, 11) is 0. The fourth-order valence-corrected chi connectivity index (χ4v) is 2.27. The predicted octanol–water partition coefficient (Wildman–Crippen LogP) is 2.06. The molecule has 2 atom stereocenters. The average Bonchev–Trinajstić information content (AvgIpc) is 2.68. The van der Waals surface area contributed by atoms with Crippen LogP contribution in [0.3, 0.4) is 0 Å². The van der Waals surface area contributed by atoms with Gasteiger partial charge in [-0.2, -0.15) is 0 Å². The summed E-state index contributed by atoms with van der Waals surface area (Å²) in [5.74, 6) is 0.498. The maximum atomic E-state index is 11.0. The fourth-order valence-electron chi connectivity index (χ4n) is 2.27. The van der Waals surface area contributed by atoms with E-state index >= 15 is 0 Å². The second kappa shape index (κ2) is 3.82. The zero-order valence-electron chi connectivity index (χ0n) is 8.15. The lowest BCUT2D eigenvalue weighted by Crippen LogP contribution is -2.20. The minimum Gasteiger partial charge on any atom is -0.369 e. The van der Waals surface area contributed by atoms with E-state index in [0.29, 0.717) is 5.92 Å². The molecular weight excluding hydrogens is 174 g/mol. The van der Waals surface area contributed by atoms with Crippen LogP contribution in [0.4, 0.5) is 0 Å². The van der Waals surface area contributed by atoms with Gasteiger partial charge in [-0.3, -0.25) is 4.79 Å². The number of carbonyl (C=O) groups is 1. The molecule has 0 bridgehead atoms. The van der Waals surface area contributed by atoms with Gasteiger partial charge in [-0.15, -0.1) is 0 Å². The zero-order valence-corrected chi connectivity index (χ0v) is 8.15. The van der Waals surface area contributed by atoms with Crippen molar-refractivity contribution in [3.8, 4) is 0 Å². The summed E-state index contributed by atoms with van der Waals surface area (Å²) in [4.78, 5) is 11.0. The van der Waals surface area contributed by atoms with Crippen molar-refractivity contribution in [1.82, 2.24) is 0 Å². The topological polar surface area (TPSA) is 43.1 Å². The molecule has 0 unspecified atom stereocenters. The predicted molar refractivity (Wildman–Crippen MR) is 55.7 cm³/mol. The van der Waals surface area contributed by atoms with E-state index in [1.165, 1.54) is 5.56 Å². The Labute approximate surface area is 84.1 Å². The Balaban J connectivity index is 2.06. The van der Waals surface area contributed by atoms with Crippen molar-refractivity contribution in [1.29, 1.82) is 0 Å². The maximum absolute atomic E-state index is 11.0. The fraction of sp³-hybridized carbons (Fsp3) is 0.417. The molecule has 74 valence electrons. The van der Waals surface area contributed by atoms with E-state index in [1.54, 1.807) is 0 Å². The molecule has 2 heteroatoms. The van der Waals surface area contributed by atoms with E-state index in [4.69, 9.17) is 5.73 Å². The van der Waals surface area contributed by atoms with Gasteiger partial charge in [-0.25, -0.2) is 0 Å². The maximum Gasteiger partial charge on any atom is 0.220 e. The van der Waals surface area contributed by atoms with Gasteiger partial charge in [0.05, 0.1) is 0 Å². The third-order valence-electron chi connectivity index (χ3n) is 3.11. The highest BCUT2D eigenvalue weighted by atomic mass is 16.1. The van der Waals surface area contributed by atoms with Gasteiger partial charge in [0.2, 0.25) is 5.91 Å². The molecule has 0 spiro atoms. The van der Waals surface area contributed by atoms with E-state index in [9.17, 15) is 4.79 Å². The van der Waals surface area contributed by atoms with Gasteiger partial charge in [0, 0.05) is 5.92 Å². The lowest BCUT2D eigenvalue weighted by molar-refractivity contribution is -0.121. The van der Waals surface area contributed by atoms with Crippen LogP contribution >= 0.6 is 0 Å². The first-order valence-corrected chi connectivity index (χ1v) is 5.11. The molecule has 1 aromatic carbocycles. The molecule has 1 fully saturated rings. The molecule has 14 heavy (non-hydrogen) atoms. The van der Waals surface area contributed by atoms with Gasteiger partial charge in [0.25, 0.3) is 0 Å². The summed E-state index contributed by atoms with van der Waals surface area (Å²) >= 11 is 0. The average molecular weight is 189 g/mol. The molecule has 1 saturated carbocycles. The lowest BCUT2D eigenvalue weighted by Gasteiger charge is -2.09. The van der Waals surface area contributed by atoms with Crippen LogP contribution in [-0.2, 0) is 4.79 Å². The second-order valence-electron chi connectivity index (χ2n) is 4.02. The molecule has 1 aliphatic rings. The third-order valence-corrected chi connectivity index (χ3v) is 3.11. The summed E-state index contributed by atoms with van der Waals surface area (Å²) in [6.07, 6.45) is 2.98. The number of amides is 1. The van der Waals surface area contributed by atoms with Gasteiger partial charge in [0.1, 0.15) is 0 Å². The summed E-state index contributed by atoms with van der Waals surface area (Å²) in [6, 6.07) is 10.4. The smallest absolute Gasteiger partial charge is 0.220 e. The minimum absolute atomic E-state index is 0.0974. The van der Waals surface area contributed by atoms with Crippen molar-refractivity contribution in [2.24, 2.45) is 11.7 Å². The van der Waals surface area contributed by atoms with Crippen molar-refractivity contribution < 1.29 is 4.79 Å². The molecule has 0 saturated heterocycles. The van der Waals surface area contributed by atoms with Crippen LogP contribution < -0.4 is 5.73 Å². The van der Waals surface area contributed by atoms with Crippen LogP contribution in [0, 0.1) is 5.92 Å². The Morgan fingerprint density at radius 3 is 2.50 bits per heavy atom. The van der Waals surface area contributed by atoms with Crippen LogP contribution in [-0.4, -0.2) is 5.91 Å². The van der Waals surface area contributed by atoms with Crippen LogP contribution in [0.25, 0.3) is 0 Å². The van der Waals surface area contributed by atoms with Gasteiger partial charge in [-0.05, 0) is 30.7 Å². The van der Waals surface area contributed by atoms with Crippen LogP contribution in [0.5, 0.6) is 0 Å². The van der Waals surface area contributed by atoms with Crippen molar-refractivity contribution in [2.75, 3.05) is 0 Å². The van der Waals surface area contributed by atoms with Gasteiger partial charge in [0.15, 0.2) is 0 Å². The van der Waals surface area contributed by atoms with E-state index in [1.807, 2.05) is 18.2 Å².